The third-order valence-corrected chi connectivity index (χ3v) is 2.91. The van der Waals surface area contributed by atoms with Crippen molar-refractivity contribution in [3.05, 3.63) is 45.8 Å². The summed E-state index contributed by atoms with van der Waals surface area (Å²) < 4.78 is 36.0. The maximum atomic E-state index is 12.0. The van der Waals surface area contributed by atoms with Gasteiger partial charge >= 0.3 is 90.5 Å². The molecule has 0 saturated heterocycles. The van der Waals surface area contributed by atoms with Gasteiger partial charge in [0.2, 0.25) is 0 Å². The first kappa shape index (κ1) is 11.8. The maximum absolute atomic E-state index is 12.0. The number of diazo groups is 1. The van der Waals surface area contributed by atoms with E-state index in [1.807, 2.05) is 0 Å². The van der Waals surface area contributed by atoms with Gasteiger partial charge in [0.05, 0.1) is 0 Å². The van der Waals surface area contributed by atoms with E-state index in [1.165, 1.54) is 0 Å². The number of rotatable bonds is 3. The molecule has 0 aliphatic carbocycles. The zero-order valence-corrected chi connectivity index (χ0v) is 9.19. The fourth-order valence-corrected chi connectivity index (χ4v) is 1.88. The molecule has 0 spiro atoms. The molecule has 0 saturated carbocycles. The Hall–Kier alpha value is -1.25. The minimum absolute atomic E-state index is 0.0326. The van der Waals surface area contributed by atoms with Gasteiger partial charge in [-0.25, -0.2) is 0 Å². The first-order valence-electron chi connectivity index (χ1n) is 4.00. The third-order valence-electron chi connectivity index (χ3n) is 1.51. The van der Waals surface area contributed by atoms with Gasteiger partial charge in [-0.15, -0.1) is 0 Å². The summed E-state index contributed by atoms with van der Waals surface area (Å²) in [5.41, 5.74) is 0.441. The average Bonchev–Trinajstić information content (AvgIpc) is 2.19. The molecule has 0 fully saturated rings. The first-order chi connectivity index (χ1) is 7.03. The summed E-state index contributed by atoms with van der Waals surface area (Å²) in [6, 6.07) is 8.24. The molecule has 1 aromatic carbocycles. The van der Waals surface area contributed by atoms with E-state index >= 15 is 0 Å². The molecule has 7 heteroatoms. The van der Waals surface area contributed by atoms with Crippen LogP contribution < -0.4 is 0 Å². The summed E-state index contributed by atoms with van der Waals surface area (Å²) in [5.74, 6) is -4.82. The van der Waals surface area contributed by atoms with Crippen molar-refractivity contribution in [3.63, 3.8) is 0 Å². The van der Waals surface area contributed by atoms with Crippen LogP contribution in [0.1, 0.15) is 5.56 Å². The van der Waals surface area contributed by atoms with Gasteiger partial charge in [-0.1, -0.05) is 0 Å². The second-order valence-electron chi connectivity index (χ2n) is 2.62. The van der Waals surface area contributed by atoms with Crippen LogP contribution in [0.4, 0.5) is 12.9 Å². The van der Waals surface area contributed by atoms with E-state index in [1.54, 1.807) is 30.3 Å². The molecule has 0 radical (unpaired) electrons. The normalized spacial score (nSPS) is 12.3. The predicted octanol–water partition coefficient (Wildman–Crippen LogP) is 2.89. The fourth-order valence-electron chi connectivity index (χ4n) is 0.900. The van der Waals surface area contributed by atoms with Crippen LogP contribution in [0, 0.1) is 5.39 Å². The van der Waals surface area contributed by atoms with Gasteiger partial charge in [-0.2, -0.15) is 0 Å². The van der Waals surface area contributed by atoms with Gasteiger partial charge < -0.3 is 0 Å². The predicted molar refractivity (Wildman–Crippen MR) is 54.3 cm³/mol. The van der Waals surface area contributed by atoms with Crippen molar-refractivity contribution in [3.8, 4) is 0 Å². The third kappa shape index (κ3) is 4.19. The van der Waals surface area contributed by atoms with Crippen LogP contribution in [-0.2, 0) is 0 Å². The van der Waals surface area contributed by atoms with Crippen LogP contribution in [0.15, 0.2) is 35.3 Å². The van der Waals surface area contributed by atoms with Gasteiger partial charge in [0, 0.05) is 0 Å². The Morgan fingerprint density at radius 2 is 1.87 bits per heavy atom. The van der Waals surface area contributed by atoms with E-state index in [9.17, 15) is 12.9 Å². The van der Waals surface area contributed by atoms with Gasteiger partial charge in [-0.3, -0.25) is 0 Å². The Bertz CT molecular complexity index is 397. The quantitative estimate of drug-likeness (QED) is 0.616. The van der Waals surface area contributed by atoms with E-state index < -0.39 is 20.6 Å². The Morgan fingerprint density at radius 3 is 2.33 bits per heavy atom. The molecule has 1 rings (SSSR count). The molecule has 0 aliphatic rings. The molecule has 0 N–H and O–H groups in total. The van der Waals surface area contributed by atoms with Gasteiger partial charge in [0.15, 0.2) is 0 Å². The van der Waals surface area contributed by atoms with E-state index in [-0.39, 0.29) is 5.70 Å². The van der Waals surface area contributed by atoms with Gasteiger partial charge in [-0.05, 0) is 0 Å². The summed E-state index contributed by atoms with van der Waals surface area (Å²) in [7, 11) is 0. The van der Waals surface area contributed by atoms with Crippen LogP contribution >= 0.6 is 0 Å². The van der Waals surface area contributed by atoms with Crippen molar-refractivity contribution in [2.45, 2.75) is 0 Å². The number of halogens is 3. The fraction of sp³-hybridized carbons (Fsp3) is 0. The standard InChI is InChI=1S/C8H6BF3N2Se/c10-9(11,12)15-6-8(14-13)7-4-2-1-3-5-7/h1-6H. The zero-order chi connectivity index (χ0) is 11.3. The second kappa shape index (κ2) is 5.01. The summed E-state index contributed by atoms with van der Waals surface area (Å²) in [5, 5.41) is 8.58. The molecule has 0 atom stereocenters. The Balaban J connectivity index is 2.87. The molecule has 0 unspecified atom stereocenters. The van der Waals surface area contributed by atoms with Crippen molar-refractivity contribution in [2.75, 3.05) is 0 Å². The zero-order valence-electron chi connectivity index (χ0n) is 7.48. The molecular weight excluding hydrogens is 271 g/mol. The number of benzene rings is 1. The summed E-state index contributed by atoms with van der Waals surface area (Å²) >= 11 is -1.61. The molecule has 0 aliphatic heterocycles. The van der Waals surface area contributed by atoms with E-state index in [4.69, 9.17) is 5.39 Å². The number of hydrogen-bond acceptors (Lipinski definition) is 1. The second-order valence-corrected chi connectivity index (χ2v) is 4.81. The molecule has 0 heterocycles. The molecule has 1 aromatic rings. The molecular formula is C8H6BF3N2Se. The summed E-state index contributed by atoms with van der Waals surface area (Å²) in [6.45, 7) is 0. The van der Waals surface area contributed by atoms with E-state index in [0.717, 1.165) is 4.97 Å². The van der Waals surface area contributed by atoms with Crippen LogP contribution in [-0.4, -0.2) is 20.6 Å². The topological polar surface area (TPSA) is 28.1 Å². The van der Waals surface area contributed by atoms with E-state index in [2.05, 4.69) is 4.98 Å². The van der Waals surface area contributed by atoms with Gasteiger partial charge in [0.1, 0.15) is 0 Å². The van der Waals surface area contributed by atoms with Crippen molar-refractivity contribution >= 4 is 26.3 Å². The van der Waals surface area contributed by atoms with Crippen molar-refractivity contribution in [2.24, 2.45) is 0 Å². The Kier molecular flexibility index (Phi) is 3.95. The Morgan fingerprint density at radius 1 is 1.27 bits per heavy atom. The van der Waals surface area contributed by atoms with Crippen LogP contribution in [0.2, 0.25) is 0 Å². The average molecular weight is 277 g/mol. The molecule has 78 valence electrons. The SMILES string of the molecule is N#[N+]C(=C[Se][B-](F)(F)F)c1ccccc1. The molecule has 2 nitrogen and oxygen atoms in total. The van der Waals surface area contributed by atoms with Crippen molar-refractivity contribution in [1.29, 1.82) is 5.39 Å². The number of nitrogens with zero attached hydrogens (tertiary/aromatic N) is 2. The van der Waals surface area contributed by atoms with Crippen molar-refractivity contribution in [1.82, 2.24) is 0 Å². The number of hydrogen-bond donors (Lipinski definition) is 0. The Labute approximate surface area is 90.9 Å². The molecule has 15 heavy (non-hydrogen) atoms. The summed E-state index contributed by atoms with van der Waals surface area (Å²) in [6.07, 6.45) is 0. The molecule has 0 amide bonds. The van der Waals surface area contributed by atoms with Crippen LogP contribution in [0.3, 0.4) is 0 Å². The first-order valence-corrected chi connectivity index (χ1v) is 5.98. The van der Waals surface area contributed by atoms with Crippen molar-refractivity contribution < 1.29 is 12.9 Å². The summed E-state index contributed by atoms with van der Waals surface area (Å²) in [4.78, 5) is 3.78. The monoisotopic (exact) mass is 278 g/mol. The van der Waals surface area contributed by atoms with E-state index in [0.29, 0.717) is 5.56 Å². The van der Waals surface area contributed by atoms with Gasteiger partial charge in [0.25, 0.3) is 0 Å². The van der Waals surface area contributed by atoms with Crippen LogP contribution in [0.25, 0.3) is 10.7 Å². The van der Waals surface area contributed by atoms with Crippen LogP contribution in [0.5, 0.6) is 0 Å². The minimum atomic E-state index is -4.82. The molecule has 0 aromatic heterocycles. The molecule has 0 bridgehead atoms.